The highest BCUT2D eigenvalue weighted by atomic mass is 16.1. The summed E-state index contributed by atoms with van der Waals surface area (Å²) in [5, 5.41) is 2.83. The molecule has 0 bridgehead atoms. The summed E-state index contributed by atoms with van der Waals surface area (Å²) in [6, 6.07) is 3.44. The van der Waals surface area contributed by atoms with E-state index in [9.17, 15) is 4.79 Å². The van der Waals surface area contributed by atoms with Gasteiger partial charge < -0.3 is 0 Å². The summed E-state index contributed by atoms with van der Waals surface area (Å²) in [6.07, 6.45) is 3.76. The Hall–Kier alpha value is -1.58. The van der Waals surface area contributed by atoms with E-state index < -0.39 is 0 Å². The van der Waals surface area contributed by atoms with E-state index in [1.54, 1.807) is 12.3 Å². The van der Waals surface area contributed by atoms with E-state index in [1.165, 1.54) is 4.52 Å². The standard InChI is InChI=1S/C11H15N3O/c1-3-8(4-2)9-7-11(15)14-10(13-9)5-6-12-14/h5-8,12H,3-4H2,1-2H3. The fourth-order valence-electron chi connectivity index (χ4n) is 1.86. The molecule has 0 saturated carbocycles. The van der Waals surface area contributed by atoms with Crippen LogP contribution in [0.15, 0.2) is 23.1 Å². The van der Waals surface area contributed by atoms with E-state index >= 15 is 0 Å². The third-order valence-electron chi connectivity index (χ3n) is 2.80. The third kappa shape index (κ3) is 1.67. The Bertz CT molecular complexity index is 508. The van der Waals surface area contributed by atoms with E-state index in [1.807, 2.05) is 6.07 Å². The largest absolute Gasteiger partial charge is 0.297 e. The molecule has 4 heteroatoms. The Morgan fingerprint density at radius 2 is 2.20 bits per heavy atom. The van der Waals surface area contributed by atoms with Crippen molar-refractivity contribution in [1.29, 1.82) is 0 Å². The van der Waals surface area contributed by atoms with Gasteiger partial charge in [0.2, 0.25) is 0 Å². The Kier molecular flexibility index (Phi) is 2.58. The van der Waals surface area contributed by atoms with Crippen molar-refractivity contribution in [2.24, 2.45) is 0 Å². The molecule has 0 amide bonds. The molecule has 0 aliphatic carbocycles. The van der Waals surface area contributed by atoms with Crippen LogP contribution >= 0.6 is 0 Å². The van der Waals surface area contributed by atoms with Crippen molar-refractivity contribution in [3.05, 3.63) is 34.4 Å². The molecule has 0 fully saturated rings. The Balaban J connectivity index is 2.58. The van der Waals surface area contributed by atoms with Crippen molar-refractivity contribution in [1.82, 2.24) is 14.6 Å². The number of H-pyrrole nitrogens is 1. The summed E-state index contributed by atoms with van der Waals surface area (Å²) in [5.74, 6) is 0.387. The van der Waals surface area contributed by atoms with Gasteiger partial charge in [0.05, 0.1) is 5.69 Å². The number of nitrogens with zero attached hydrogens (tertiary/aromatic N) is 2. The monoisotopic (exact) mass is 205 g/mol. The van der Waals surface area contributed by atoms with Crippen LogP contribution in [-0.4, -0.2) is 14.6 Å². The average Bonchev–Trinajstić information content (AvgIpc) is 2.68. The van der Waals surface area contributed by atoms with Crippen molar-refractivity contribution < 1.29 is 0 Å². The first-order valence-electron chi connectivity index (χ1n) is 5.33. The molecule has 0 atom stereocenters. The molecule has 0 aromatic carbocycles. The van der Waals surface area contributed by atoms with Crippen molar-refractivity contribution in [2.75, 3.05) is 0 Å². The van der Waals surface area contributed by atoms with Crippen molar-refractivity contribution in [3.63, 3.8) is 0 Å². The van der Waals surface area contributed by atoms with Crippen LogP contribution in [-0.2, 0) is 0 Å². The first kappa shape index (κ1) is 9.96. The van der Waals surface area contributed by atoms with Crippen LogP contribution < -0.4 is 5.56 Å². The Labute approximate surface area is 87.9 Å². The van der Waals surface area contributed by atoms with E-state index in [4.69, 9.17) is 0 Å². The quantitative estimate of drug-likeness (QED) is 0.832. The first-order valence-corrected chi connectivity index (χ1v) is 5.33. The summed E-state index contributed by atoms with van der Waals surface area (Å²) in [4.78, 5) is 16.2. The molecule has 2 rings (SSSR count). The Morgan fingerprint density at radius 3 is 2.87 bits per heavy atom. The minimum Gasteiger partial charge on any atom is -0.297 e. The fourth-order valence-corrected chi connectivity index (χ4v) is 1.86. The molecule has 2 heterocycles. The van der Waals surface area contributed by atoms with Gasteiger partial charge in [-0.3, -0.25) is 9.89 Å². The molecular formula is C11H15N3O. The van der Waals surface area contributed by atoms with E-state index in [0.29, 0.717) is 11.6 Å². The molecule has 2 aromatic rings. The van der Waals surface area contributed by atoms with Crippen molar-refractivity contribution >= 4 is 5.65 Å². The lowest BCUT2D eigenvalue weighted by atomic mass is 9.99. The zero-order valence-corrected chi connectivity index (χ0v) is 9.03. The lowest BCUT2D eigenvalue weighted by molar-refractivity contribution is 0.620. The maximum Gasteiger partial charge on any atom is 0.272 e. The van der Waals surface area contributed by atoms with Crippen molar-refractivity contribution in [2.45, 2.75) is 32.6 Å². The highest BCUT2D eigenvalue weighted by molar-refractivity contribution is 5.36. The third-order valence-corrected chi connectivity index (χ3v) is 2.80. The molecular weight excluding hydrogens is 190 g/mol. The fraction of sp³-hybridized carbons (Fsp3) is 0.455. The van der Waals surface area contributed by atoms with Gasteiger partial charge in [0, 0.05) is 24.2 Å². The predicted octanol–water partition coefficient (Wildman–Crippen LogP) is 1.93. The van der Waals surface area contributed by atoms with Crippen molar-refractivity contribution in [3.8, 4) is 0 Å². The second kappa shape index (κ2) is 3.88. The summed E-state index contributed by atoms with van der Waals surface area (Å²) >= 11 is 0. The molecule has 0 saturated heterocycles. The van der Waals surface area contributed by atoms with Gasteiger partial charge in [0.25, 0.3) is 5.56 Å². The maximum absolute atomic E-state index is 11.7. The molecule has 2 aromatic heterocycles. The molecule has 0 unspecified atom stereocenters. The number of hydrogen-bond acceptors (Lipinski definition) is 2. The van der Waals surface area contributed by atoms with Gasteiger partial charge in [-0.1, -0.05) is 13.8 Å². The van der Waals surface area contributed by atoms with Gasteiger partial charge in [-0.2, -0.15) is 0 Å². The van der Waals surface area contributed by atoms with Crippen LogP contribution in [0.25, 0.3) is 5.65 Å². The molecule has 0 spiro atoms. The number of fused-ring (bicyclic) bond motifs is 1. The second-order valence-corrected chi connectivity index (χ2v) is 3.69. The lowest BCUT2D eigenvalue weighted by Gasteiger charge is -2.10. The molecule has 0 aliphatic rings. The smallest absolute Gasteiger partial charge is 0.272 e. The van der Waals surface area contributed by atoms with Crippen LogP contribution in [0.2, 0.25) is 0 Å². The Morgan fingerprint density at radius 1 is 1.47 bits per heavy atom. The highest BCUT2D eigenvalue weighted by Gasteiger charge is 2.11. The summed E-state index contributed by atoms with van der Waals surface area (Å²) in [6.45, 7) is 4.24. The van der Waals surface area contributed by atoms with Gasteiger partial charge in [-0.25, -0.2) is 9.50 Å². The zero-order chi connectivity index (χ0) is 10.8. The first-order chi connectivity index (χ1) is 7.26. The van der Waals surface area contributed by atoms with Gasteiger partial charge in [-0.05, 0) is 12.8 Å². The topological polar surface area (TPSA) is 50.2 Å². The SMILES string of the molecule is CCC(CC)c1cc(=O)n2[nH]ccc2n1. The van der Waals surface area contributed by atoms with Gasteiger partial charge in [-0.15, -0.1) is 0 Å². The molecule has 1 N–H and O–H groups in total. The normalized spacial score (nSPS) is 11.4. The van der Waals surface area contributed by atoms with E-state index in [0.717, 1.165) is 18.5 Å². The van der Waals surface area contributed by atoms with Gasteiger partial charge in [0.15, 0.2) is 5.65 Å². The minimum atomic E-state index is -0.0353. The number of hydrogen-bond donors (Lipinski definition) is 1. The molecule has 0 aliphatic heterocycles. The predicted molar refractivity (Wildman–Crippen MR) is 59.1 cm³/mol. The number of aromatic nitrogens is 3. The minimum absolute atomic E-state index is 0.0353. The molecule has 0 radical (unpaired) electrons. The molecule has 80 valence electrons. The highest BCUT2D eigenvalue weighted by Crippen LogP contribution is 2.19. The van der Waals surface area contributed by atoms with Crippen LogP contribution in [0.1, 0.15) is 38.3 Å². The second-order valence-electron chi connectivity index (χ2n) is 3.69. The molecule has 15 heavy (non-hydrogen) atoms. The van der Waals surface area contributed by atoms with E-state index in [2.05, 4.69) is 23.9 Å². The number of aromatic amines is 1. The van der Waals surface area contributed by atoms with Crippen LogP contribution in [0.4, 0.5) is 0 Å². The van der Waals surface area contributed by atoms with Gasteiger partial charge in [0.1, 0.15) is 0 Å². The number of rotatable bonds is 3. The molecule has 4 nitrogen and oxygen atoms in total. The van der Waals surface area contributed by atoms with Crippen LogP contribution in [0, 0.1) is 0 Å². The summed E-state index contributed by atoms with van der Waals surface area (Å²) in [5.41, 5.74) is 1.57. The maximum atomic E-state index is 11.7. The van der Waals surface area contributed by atoms with E-state index in [-0.39, 0.29) is 5.56 Å². The van der Waals surface area contributed by atoms with Gasteiger partial charge >= 0.3 is 0 Å². The number of nitrogens with one attached hydrogen (secondary N) is 1. The average molecular weight is 205 g/mol. The van der Waals surface area contributed by atoms with Crippen LogP contribution in [0.5, 0.6) is 0 Å². The summed E-state index contributed by atoms with van der Waals surface area (Å²) in [7, 11) is 0. The zero-order valence-electron chi connectivity index (χ0n) is 9.03. The van der Waals surface area contributed by atoms with Crippen LogP contribution in [0.3, 0.4) is 0 Å². The lowest BCUT2D eigenvalue weighted by Crippen LogP contribution is -2.16. The summed E-state index contributed by atoms with van der Waals surface area (Å²) < 4.78 is 1.45.